The predicted octanol–water partition coefficient (Wildman–Crippen LogP) is -8.73. The summed E-state index contributed by atoms with van der Waals surface area (Å²) >= 11 is 0. The molecule has 0 aromatic carbocycles. The van der Waals surface area contributed by atoms with E-state index in [1.165, 1.54) is 0 Å². The summed E-state index contributed by atoms with van der Waals surface area (Å²) in [5, 5.41) is 19.0. The van der Waals surface area contributed by atoms with Crippen LogP contribution in [-0.2, 0) is 9.59 Å². The molecule has 4 nitrogen and oxygen atoms in total. The molecule has 0 saturated carbocycles. The van der Waals surface area contributed by atoms with Gasteiger partial charge in [-0.05, 0) is 12.8 Å². The number of carboxylic acids is 2. The fourth-order valence-electron chi connectivity index (χ4n) is 0.204. The van der Waals surface area contributed by atoms with Crippen LogP contribution >= 0.6 is 0 Å². The third kappa shape index (κ3) is 16.3. The summed E-state index contributed by atoms with van der Waals surface area (Å²) in [6.45, 7) is 0. The van der Waals surface area contributed by atoms with Crippen LogP contribution in [0, 0.1) is 0 Å². The van der Waals surface area contributed by atoms with Crippen molar-refractivity contribution in [1.82, 2.24) is 0 Å². The van der Waals surface area contributed by atoms with Crippen molar-refractivity contribution in [1.29, 1.82) is 0 Å². The third-order valence-corrected chi connectivity index (χ3v) is 0.533. The van der Waals surface area contributed by atoms with E-state index in [1.807, 2.05) is 0 Å². The van der Waals surface area contributed by atoms with E-state index in [1.54, 1.807) is 0 Å². The molecule has 46 valence electrons. The summed E-state index contributed by atoms with van der Waals surface area (Å²) in [6, 6.07) is 0. The van der Waals surface area contributed by atoms with Crippen LogP contribution in [-0.4, -0.2) is 11.9 Å². The van der Waals surface area contributed by atoms with E-state index in [0.29, 0.717) is 0 Å². The van der Waals surface area contributed by atoms with Gasteiger partial charge in [0, 0.05) is 11.9 Å². The van der Waals surface area contributed by atoms with Crippen LogP contribution in [0.15, 0.2) is 0 Å². The maximum Gasteiger partial charge on any atom is 1.00 e. The quantitative estimate of drug-likeness (QED) is 0.402. The molecule has 0 aromatic heterocycles. The van der Waals surface area contributed by atoms with Crippen molar-refractivity contribution in [2.75, 3.05) is 0 Å². The molecule has 0 rings (SSSR count). The zero-order valence-corrected chi connectivity index (χ0v) is 11.2. The number of hydrogen-bond acceptors (Lipinski definition) is 4. The Labute approximate surface area is 123 Å². The van der Waals surface area contributed by atoms with E-state index in [9.17, 15) is 19.8 Å². The summed E-state index contributed by atoms with van der Waals surface area (Å²) in [5.41, 5.74) is 0. The van der Waals surface area contributed by atoms with Crippen LogP contribution in [0.4, 0.5) is 0 Å². The number of carbonyl (C=O) groups is 2. The molecule has 0 unspecified atom stereocenters. The molecule has 0 spiro atoms. The van der Waals surface area contributed by atoms with Crippen LogP contribution in [0.2, 0.25) is 0 Å². The monoisotopic (exact) mass is 178 g/mol. The Hall–Kier alpha value is 1.58. The summed E-state index contributed by atoms with van der Waals surface area (Å²) < 4.78 is 0. The summed E-state index contributed by atoms with van der Waals surface area (Å²) in [7, 11) is 0. The number of rotatable bonds is 3. The Kier molecular flexibility index (Phi) is 18.6. The van der Waals surface area contributed by atoms with E-state index in [2.05, 4.69) is 0 Å². The number of carboxylic acid groups (broad SMARTS) is 2. The largest absolute Gasteiger partial charge is 1.00 e. The first-order valence-electron chi connectivity index (χ1n) is 2.02. The molecule has 0 heterocycles. The zero-order chi connectivity index (χ0) is 6.57. The molecule has 0 aliphatic carbocycles. The van der Waals surface area contributed by atoms with Crippen LogP contribution in [0.3, 0.4) is 0 Å². The normalized spacial score (nSPS) is 6.80. The molecular formula is C4H4KNaO4. The topological polar surface area (TPSA) is 80.3 Å². The average Bonchev–Trinajstić information content (AvgIpc) is 1.61. The van der Waals surface area contributed by atoms with Crippen molar-refractivity contribution < 1.29 is 101 Å². The van der Waals surface area contributed by atoms with Crippen LogP contribution in [0.25, 0.3) is 0 Å². The van der Waals surface area contributed by atoms with Crippen LogP contribution < -0.4 is 91.2 Å². The SMILES string of the molecule is O=C([O-])CCC(=O)[O-].[K+].[Na+]. The Morgan fingerprint density at radius 3 is 1.30 bits per heavy atom. The molecule has 0 fully saturated rings. The van der Waals surface area contributed by atoms with Gasteiger partial charge in [0.05, 0.1) is 0 Å². The maximum atomic E-state index is 9.50. The minimum atomic E-state index is -1.37. The molecule has 0 aromatic rings. The first-order valence-corrected chi connectivity index (χ1v) is 2.02. The van der Waals surface area contributed by atoms with Crippen LogP contribution in [0.5, 0.6) is 0 Å². The van der Waals surface area contributed by atoms with Gasteiger partial charge < -0.3 is 19.8 Å². The van der Waals surface area contributed by atoms with Crippen molar-refractivity contribution in [3.05, 3.63) is 0 Å². The number of hydrogen-bond donors (Lipinski definition) is 0. The Morgan fingerprint density at radius 1 is 1.00 bits per heavy atom. The van der Waals surface area contributed by atoms with Gasteiger partial charge in [-0.2, -0.15) is 0 Å². The third-order valence-electron chi connectivity index (χ3n) is 0.533. The zero-order valence-electron chi connectivity index (χ0n) is 6.05. The second-order valence-electron chi connectivity index (χ2n) is 1.24. The molecular weight excluding hydrogens is 174 g/mol. The minimum absolute atomic E-state index is 0. The van der Waals surface area contributed by atoms with Gasteiger partial charge in [0.15, 0.2) is 0 Å². The van der Waals surface area contributed by atoms with Gasteiger partial charge in [0.25, 0.3) is 0 Å². The van der Waals surface area contributed by atoms with E-state index < -0.39 is 24.8 Å². The van der Waals surface area contributed by atoms with Crippen molar-refractivity contribution in [2.45, 2.75) is 12.8 Å². The van der Waals surface area contributed by atoms with E-state index in [4.69, 9.17) is 0 Å². The summed E-state index contributed by atoms with van der Waals surface area (Å²) in [5.74, 6) is -2.73. The summed E-state index contributed by atoms with van der Waals surface area (Å²) in [6.07, 6.45) is -0.940. The first kappa shape index (κ1) is 17.6. The fraction of sp³-hybridized carbons (Fsp3) is 0.500. The first-order chi connectivity index (χ1) is 3.63. The molecule has 0 atom stereocenters. The van der Waals surface area contributed by atoms with Gasteiger partial charge in [-0.3, -0.25) is 0 Å². The minimum Gasteiger partial charge on any atom is -0.550 e. The van der Waals surface area contributed by atoms with Gasteiger partial charge in [-0.15, -0.1) is 0 Å². The molecule has 0 amide bonds. The maximum absolute atomic E-state index is 9.50. The van der Waals surface area contributed by atoms with E-state index >= 15 is 0 Å². The van der Waals surface area contributed by atoms with E-state index in [-0.39, 0.29) is 80.9 Å². The number of aliphatic carboxylic acids is 2. The smallest absolute Gasteiger partial charge is 0.550 e. The fourth-order valence-corrected chi connectivity index (χ4v) is 0.204. The molecule has 0 aliphatic rings. The van der Waals surface area contributed by atoms with Crippen molar-refractivity contribution in [2.24, 2.45) is 0 Å². The van der Waals surface area contributed by atoms with Crippen molar-refractivity contribution in [3.63, 3.8) is 0 Å². The molecule has 0 aliphatic heterocycles. The predicted molar refractivity (Wildman–Crippen MR) is 19.2 cm³/mol. The van der Waals surface area contributed by atoms with Gasteiger partial charge in [-0.1, -0.05) is 0 Å². The molecule has 0 radical (unpaired) electrons. The van der Waals surface area contributed by atoms with Crippen molar-refractivity contribution in [3.8, 4) is 0 Å². The Morgan fingerprint density at radius 2 is 1.20 bits per heavy atom. The second-order valence-corrected chi connectivity index (χ2v) is 1.24. The molecule has 0 saturated heterocycles. The summed E-state index contributed by atoms with van der Waals surface area (Å²) in [4.78, 5) is 19.0. The number of carbonyl (C=O) groups excluding carboxylic acids is 2. The van der Waals surface area contributed by atoms with Crippen LogP contribution in [0.1, 0.15) is 12.8 Å². The van der Waals surface area contributed by atoms with Gasteiger partial charge in [-0.25, -0.2) is 0 Å². The Balaban J connectivity index is -0.000000245. The molecule has 0 bridgehead atoms. The van der Waals surface area contributed by atoms with E-state index in [0.717, 1.165) is 0 Å². The van der Waals surface area contributed by atoms with Gasteiger partial charge in [0.1, 0.15) is 0 Å². The Bertz CT molecular complexity index is 102. The standard InChI is InChI=1S/C4H6O4.K.Na/c5-3(6)1-2-4(7)8;;/h1-2H2,(H,5,6)(H,7,8);;/q;2*+1/p-2. The molecule has 0 N–H and O–H groups in total. The average molecular weight is 178 g/mol. The molecule has 6 heteroatoms. The second kappa shape index (κ2) is 10.6. The molecule has 10 heavy (non-hydrogen) atoms. The van der Waals surface area contributed by atoms with Gasteiger partial charge >= 0.3 is 80.9 Å². The van der Waals surface area contributed by atoms with Crippen molar-refractivity contribution >= 4 is 11.9 Å². The van der Waals surface area contributed by atoms with Gasteiger partial charge in [0.2, 0.25) is 0 Å².